The Balaban J connectivity index is 1.42. The lowest BCUT2D eigenvalue weighted by molar-refractivity contribution is -0.132. The van der Waals surface area contributed by atoms with Crippen LogP contribution >= 0.6 is 0 Å². The van der Waals surface area contributed by atoms with Crippen molar-refractivity contribution < 1.29 is 27.8 Å². The fraction of sp³-hybridized carbons (Fsp3) is 0.391. The second-order valence-corrected chi connectivity index (χ2v) is 7.48. The topological polar surface area (TPSA) is 71.1 Å². The van der Waals surface area contributed by atoms with Gasteiger partial charge in [-0.25, -0.2) is 8.78 Å². The summed E-state index contributed by atoms with van der Waals surface area (Å²) >= 11 is 0. The molecule has 2 amide bonds. The van der Waals surface area contributed by atoms with E-state index in [0.29, 0.717) is 30.7 Å². The summed E-state index contributed by atoms with van der Waals surface area (Å²) in [6.07, 6.45) is 0.115. The number of halogens is 2. The molecule has 0 unspecified atom stereocenters. The molecule has 0 aromatic heterocycles. The minimum Gasteiger partial charge on any atom is -0.493 e. The zero-order valence-electron chi connectivity index (χ0n) is 18.2. The van der Waals surface area contributed by atoms with Crippen LogP contribution in [0.5, 0.6) is 11.5 Å². The van der Waals surface area contributed by atoms with Crippen LogP contribution in [0.4, 0.5) is 8.78 Å². The maximum Gasteiger partial charge on any atom is 0.254 e. The third-order valence-electron chi connectivity index (χ3n) is 5.38. The molecule has 9 heteroatoms. The average Bonchev–Trinajstić information content (AvgIpc) is 2.79. The molecule has 172 valence electrons. The highest BCUT2D eigenvalue weighted by atomic mass is 19.1. The van der Waals surface area contributed by atoms with Crippen molar-refractivity contribution in [3.8, 4) is 11.5 Å². The zero-order valence-corrected chi connectivity index (χ0v) is 18.2. The maximum atomic E-state index is 13.7. The third-order valence-corrected chi connectivity index (χ3v) is 5.38. The lowest BCUT2D eigenvalue weighted by Gasteiger charge is -2.35. The number of rotatable bonds is 8. The summed E-state index contributed by atoms with van der Waals surface area (Å²) in [5.41, 5.74) is 0.848. The molecule has 0 atom stereocenters. The molecule has 1 N–H and O–H groups in total. The van der Waals surface area contributed by atoms with E-state index >= 15 is 0 Å². The van der Waals surface area contributed by atoms with Gasteiger partial charge >= 0.3 is 0 Å². The van der Waals surface area contributed by atoms with Crippen molar-refractivity contribution in [2.45, 2.75) is 13.0 Å². The lowest BCUT2D eigenvalue weighted by atomic mass is 10.1. The molecule has 1 saturated heterocycles. The fourth-order valence-electron chi connectivity index (χ4n) is 3.60. The van der Waals surface area contributed by atoms with E-state index in [1.165, 1.54) is 0 Å². The van der Waals surface area contributed by atoms with Crippen LogP contribution in [0.2, 0.25) is 0 Å². The molecular weight excluding hydrogens is 420 g/mol. The van der Waals surface area contributed by atoms with Crippen LogP contribution in [0.1, 0.15) is 22.3 Å². The van der Waals surface area contributed by atoms with E-state index in [1.807, 2.05) is 18.2 Å². The smallest absolute Gasteiger partial charge is 0.254 e. The predicted molar refractivity (Wildman–Crippen MR) is 115 cm³/mol. The summed E-state index contributed by atoms with van der Waals surface area (Å²) in [7, 11) is 3.20. The molecule has 1 heterocycles. The van der Waals surface area contributed by atoms with Gasteiger partial charge in [0.05, 0.1) is 19.8 Å². The average molecular weight is 447 g/mol. The Morgan fingerprint density at radius 2 is 1.69 bits per heavy atom. The summed E-state index contributed by atoms with van der Waals surface area (Å²) in [5.74, 6) is -1.06. The first-order valence-electron chi connectivity index (χ1n) is 10.4. The molecule has 32 heavy (non-hydrogen) atoms. The van der Waals surface area contributed by atoms with Crippen LogP contribution in [0, 0.1) is 11.6 Å². The number of methoxy groups -OCH3 is 2. The standard InChI is InChI=1S/C23H27F2N3O4/c1-31-20-6-3-16(13-21(20)32-2)15-27-9-11-28(12-10-27)22(29)7-8-26-23(30)18-5-4-17(24)14-19(18)25/h3-6,13-14H,7-12,15H2,1-2H3,(H,26,30). The van der Waals surface area contributed by atoms with Gasteiger partial charge in [0.25, 0.3) is 5.91 Å². The Kier molecular flexibility index (Phi) is 7.99. The van der Waals surface area contributed by atoms with Crippen molar-refractivity contribution in [3.05, 3.63) is 59.2 Å². The van der Waals surface area contributed by atoms with Gasteiger partial charge in [-0.3, -0.25) is 14.5 Å². The van der Waals surface area contributed by atoms with Crippen LogP contribution in [0.3, 0.4) is 0 Å². The molecule has 0 spiro atoms. The van der Waals surface area contributed by atoms with Crippen LogP contribution < -0.4 is 14.8 Å². The minimum atomic E-state index is -0.931. The quantitative estimate of drug-likeness (QED) is 0.673. The Morgan fingerprint density at radius 3 is 2.34 bits per heavy atom. The molecule has 0 radical (unpaired) electrons. The van der Waals surface area contributed by atoms with Gasteiger partial charge in [0.15, 0.2) is 11.5 Å². The molecule has 2 aromatic carbocycles. The highest BCUT2D eigenvalue weighted by Crippen LogP contribution is 2.28. The fourth-order valence-corrected chi connectivity index (χ4v) is 3.60. The number of benzene rings is 2. The van der Waals surface area contributed by atoms with E-state index in [1.54, 1.807) is 19.1 Å². The first-order chi connectivity index (χ1) is 15.4. The molecule has 1 fully saturated rings. The van der Waals surface area contributed by atoms with Crippen LogP contribution in [-0.2, 0) is 11.3 Å². The number of hydrogen-bond acceptors (Lipinski definition) is 5. The number of carbonyl (C=O) groups excluding carboxylic acids is 2. The van der Waals surface area contributed by atoms with Crippen molar-refractivity contribution in [1.29, 1.82) is 0 Å². The van der Waals surface area contributed by atoms with Crippen molar-refractivity contribution in [3.63, 3.8) is 0 Å². The van der Waals surface area contributed by atoms with E-state index in [9.17, 15) is 18.4 Å². The van der Waals surface area contributed by atoms with Crippen LogP contribution in [0.15, 0.2) is 36.4 Å². The summed E-state index contributed by atoms with van der Waals surface area (Å²) < 4.78 is 37.2. The monoisotopic (exact) mass is 447 g/mol. The normalized spacial score (nSPS) is 14.2. The molecule has 0 saturated carbocycles. The number of piperazine rings is 1. The van der Waals surface area contributed by atoms with Crippen molar-refractivity contribution >= 4 is 11.8 Å². The largest absolute Gasteiger partial charge is 0.493 e. The molecule has 1 aliphatic rings. The summed E-state index contributed by atoms with van der Waals surface area (Å²) in [4.78, 5) is 28.5. The van der Waals surface area contributed by atoms with Crippen LogP contribution in [-0.4, -0.2) is 68.6 Å². The Hall–Kier alpha value is -3.20. The minimum absolute atomic E-state index is 0.0735. The summed E-state index contributed by atoms with van der Waals surface area (Å²) in [6, 6.07) is 8.57. The molecule has 7 nitrogen and oxygen atoms in total. The van der Waals surface area contributed by atoms with E-state index in [4.69, 9.17) is 9.47 Å². The van der Waals surface area contributed by atoms with Gasteiger partial charge in [0.2, 0.25) is 5.91 Å². The van der Waals surface area contributed by atoms with Crippen molar-refractivity contribution in [1.82, 2.24) is 15.1 Å². The van der Waals surface area contributed by atoms with Gasteiger partial charge in [-0.1, -0.05) is 6.07 Å². The number of nitrogens with zero attached hydrogens (tertiary/aromatic N) is 2. The van der Waals surface area contributed by atoms with Gasteiger partial charge in [-0.05, 0) is 29.8 Å². The second kappa shape index (κ2) is 10.9. The van der Waals surface area contributed by atoms with E-state index in [-0.39, 0.29) is 24.4 Å². The van der Waals surface area contributed by atoms with E-state index in [2.05, 4.69) is 10.2 Å². The van der Waals surface area contributed by atoms with Crippen molar-refractivity contribution in [2.75, 3.05) is 46.9 Å². The number of amides is 2. The lowest BCUT2D eigenvalue weighted by Crippen LogP contribution is -2.48. The summed E-state index contributed by atoms with van der Waals surface area (Å²) in [5, 5.41) is 2.51. The predicted octanol–water partition coefficient (Wildman–Crippen LogP) is 2.45. The van der Waals surface area contributed by atoms with Gasteiger partial charge in [0.1, 0.15) is 11.6 Å². The van der Waals surface area contributed by atoms with E-state index < -0.39 is 17.5 Å². The number of nitrogens with one attached hydrogen (secondary N) is 1. The molecule has 0 bridgehead atoms. The van der Waals surface area contributed by atoms with Gasteiger partial charge < -0.3 is 19.7 Å². The zero-order chi connectivity index (χ0) is 23.1. The SMILES string of the molecule is COc1ccc(CN2CCN(C(=O)CCNC(=O)c3ccc(F)cc3F)CC2)cc1OC. The van der Waals surface area contributed by atoms with Gasteiger partial charge in [-0.15, -0.1) is 0 Å². The molecule has 1 aliphatic heterocycles. The highest BCUT2D eigenvalue weighted by Gasteiger charge is 2.21. The van der Waals surface area contributed by atoms with Crippen LogP contribution in [0.25, 0.3) is 0 Å². The Bertz CT molecular complexity index is 962. The summed E-state index contributed by atoms with van der Waals surface area (Å²) in [6.45, 7) is 3.46. The third kappa shape index (κ3) is 5.94. The second-order valence-electron chi connectivity index (χ2n) is 7.48. The van der Waals surface area contributed by atoms with Gasteiger partial charge in [0, 0.05) is 51.8 Å². The highest BCUT2D eigenvalue weighted by molar-refractivity contribution is 5.94. The molecule has 3 rings (SSSR count). The Labute approximate surface area is 185 Å². The maximum absolute atomic E-state index is 13.7. The Morgan fingerprint density at radius 1 is 0.969 bits per heavy atom. The number of hydrogen-bond donors (Lipinski definition) is 1. The first kappa shape index (κ1) is 23.5. The number of carbonyl (C=O) groups is 2. The van der Waals surface area contributed by atoms with E-state index in [0.717, 1.165) is 37.3 Å². The molecule has 0 aliphatic carbocycles. The van der Waals surface area contributed by atoms with Gasteiger partial charge in [-0.2, -0.15) is 0 Å². The number of ether oxygens (including phenoxy) is 2. The molecule has 2 aromatic rings. The first-order valence-corrected chi connectivity index (χ1v) is 10.4. The van der Waals surface area contributed by atoms with Crippen molar-refractivity contribution in [2.24, 2.45) is 0 Å². The molecular formula is C23H27F2N3O4.